The van der Waals surface area contributed by atoms with Crippen LogP contribution in [0.4, 0.5) is 0 Å². The summed E-state index contributed by atoms with van der Waals surface area (Å²) in [5.74, 6) is 0.0695. The van der Waals surface area contributed by atoms with Crippen LogP contribution in [0.1, 0.15) is 49.4 Å². The summed E-state index contributed by atoms with van der Waals surface area (Å²) in [5, 5.41) is 2.96. The van der Waals surface area contributed by atoms with Gasteiger partial charge in [0.25, 0.3) is 5.91 Å². The normalized spacial score (nSPS) is 19.2. The van der Waals surface area contributed by atoms with E-state index in [4.69, 9.17) is 5.73 Å². The predicted molar refractivity (Wildman–Crippen MR) is 91.0 cm³/mol. The number of piperidine rings is 1. The lowest BCUT2D eigenvalue weighted by molar-refractivity contribution is -0.134. The van der Waals surface area contributed by atoms with E-state index >= 15 is 0 Å². The highest BCUT2D eigenvalue weighted by Crippen LogP contribution is 2.18. The maximum Gasteiger partial charge on any atom is 0.251 e. The van der Waals surface area contributed by atoms with Gasteiger partial charge in [0.15, 0.2) is 0 Å². The van der Waals surface area contributed by atoms with Gasteiger partial charge in [-0.05, 0) is 44.7 Å². The first-order valence-corrected chi connectivity index (χ1v) is 8.46. The molecule has 0 bridgehead atoms. The number of likely N-dealkylation sites (tertiary alicyclic amines) is 1. The number of nitrogens with zero attached hydrogens (tertiary/aromatic N) is 1. The Hall–Kier alpha value is -1.88. The van der Waals surface area contributed by atoms with Crippen LogP contribution in [-0.4, -0.2) is 41.9 Å². The van der Waals surface area contributed by atoms with Gasteiger partial charge in [-0.3, -0.25) is 9.59 Å². The molecule has 0 aliphatic carbocycles. The highest BCUT2D eigenvalue weighted by atomic mass is 16.2. The van der Waals surface area contributed by atoms with Gasteiger partial charge in [0, 0.05) is 37.2 Å². The largest absolute Gasteiger partial charge is 0.350 e. The van der Waals surface area contributed by atoms with E-state index in [-0.39, 0.29) is 23.9 Å². The molecular weight excluding hydrogens is 290 g/mol. The zero-order chi connectivity index (χ0) is 16.7. The van der Waals surface area contributed by atoms with Crippen molar-refractivity contribution in [2.75, 3.05) is 13.1 Å². The maximum absolute atomic E-state index is 12.4. The number of nitrogens with one attached hydrogen (secondary N) is 1. The number of hydrogen-bond donors (Lipinski definition) is 2. The molecule has 1 aliphatic heterocycles. The summed E-state index contributed by atoms with van der Waals surface area (Å²) < 4.78 is 0. The molecule has 0 spiro atoms. The van der Waals surface area contributed by atoms with Crippen LogP contribution in [0.25, 0.3) is 0 Å². The summed E-state index contributed by atoms with van der Waals surface area (Å²) in [7, 11) is 0. The molecule has 0 radical (unpaired) electrons. The van der Waals surface area contributed by atoms with E-state index in [0.29, 0.717) is 24.9 Å². The van der Waals surface area contributed by atoms with Crippen molar-refractivity contribution in [3.8, 4) is 0 Å². The first-order valence-electron chi connectivity index (χ1n) is 8.46. The van der Waals surface area contributed by atoms with E-state index in [0.717, 1.165) is 25.8 Å². The van der Waals surface area contributed by atoms with Gasteiger partial charge in [0.1, 0.15) is 0 Å². The second-order valence-electron chi connectivity index (χ2n) is 6.33. The minimum atomic E-state index is -0.0841. The first-order chi connectivity index (χ1) is 11.1. The fourth-order valence-corrected chi connectivity index (χ4v) is 2.94. The van der Waals surface area contributed by atoms with Crippen molar-refractivity contribution in [3.63, 3.8) is 0 Å². The molecule has 2 atom stereocenters. The average molecular weight is 317 g/mol. The van der Waals surface area contributed by atoms with E-state index in [1.54, 1.807) is 12.1 Å². The Morgan fingerprint density at radius 1 is 1.30 bits per heavy atom. The maximum atomic E-state index is 12.4. The Labute approximate surface area is 138 Å². The van der Waals surface area contributed by atoms with Crippen LogP contribution in [-0.2, 0) is 4.79 Å². The molecule has 3 N–H and O–H groups in total. The molecule has 5 heteroatoms. The summed E-state index contributed by atoms with van der Waals surface area (Å²) in [5.41, 5.74) is 6.39. The minimum Gasteiger partial charge on any atom is -0.350 e. The highest BCUT2D eigenvalue weighted by molar-refractivity contribution is 5.94. The topological polar surface area (TPSA) is 75.4 Å². The lowest BCUT2D eigenvalue weighted by Gasteiger charge is -2.36. The smallest absolute Gasteiger partial charge is 0.251 e. The third-order valence-electron chi connectivity index (χ3n) is 4.30. The molecule has 2 rings (SSSR count). The van der Waals surface area contributed by atoms with Gasteiger partial charge in [-0.1, -0.05) is 18.2 Å². The molecule has 1 saturated heterocycles. The number of rotatable bonds is 6. The van der Waals surface area contributed by atoms with Gasteiger partial charge in [0.05, 0.1) is 0 Å². The van der Waals surface area contributed by atoms with Gasteiger partial charge in [0.2, 0.25) is 5.91 Å². The van der Waals surface area contributed by atoms with Crippen LogP contribution in [0.2, 0.25) is 0 Å². The zero-order valence-corrected chi connectivity index (χ0v) is 13.8. The van der Waals surface area contributed by atoms with Crippen molar-refractivity contribution in [3.05, 3.63) is 35.9 Å². The van der Waals surface area contributed by atoms with Crippen LogP contribution >= 0.6 is 0 Å². The average Bonchev–Trinajstić information content (AvgIpc) is 2.58. The molecule has 2 amide bonds. The second-order valence-corrected chi connectivity index (χ2v) is 6.33. The van der Waals surface area contributed by atoms with Crippen LogP contribution in [0, 0.1) is 0 Å². The van der Waals surface area contributed by atoms with Gasteiger partial charge in [-0.25, -0.2) is 0 Å². The predicted octanol–water partition coefficient (Wildman–Crippen LogP) is 1.92. The summed E-state index contributed by atoms with van der Waals surface area (Å²) >= 11 is 0. The molecular formula is C18H27N3O2. The van der Waals surface area contributed by atoms with E-state index in [9.17, 15) is 9.59 Å². The van der Waals surface area contributed by atoms with Crippen LogP contribution in [0.5, 0.6) is 0 Å². The summed E-state index contributed by atoms with van der Waals surface area (Å²) in [6, 6.07) is 9.30. The fraction of sp³-hybridized carbons (Fsp3) is 0.556. The Kier molecular flexibility index (Phi) is 6.59. The molecule has 1 aliphatic rings. The van der Waals surface area contributed by atoms with Gasteiger partial charge < -0.3 is 16.0 Å². The quantitative estimate of drug-likeness (QED) is 0.842. The van der Waals surface area contributed by atoms with Crippen LogP contribution < -0.4 is 11.1 Å². The molecule has 1 aromatic rings. The Morgan fingerprint density at radius 3 is 2.74 bits per heavy atom. The third kappa shape index (κ3) is 5.36. The third-order valence-corrected chi connectivity index (χ3v) is 4.30. The first kappa shape index (κ1) is 17.5. The number of carbonyl (C=O) groups is 2. The number of nitrogens with two attached hydrogens (primary N) is 1. The SMILES string of the molecule is CC(N)CCC(=O)N1CCCCC1CNC(=O)c1ccccc1. The lowest BCUT2D eigenvalue weighted by atomic mass is 10.0. The lowest BCUT2D eigenvalue weighted by Crippen LogP contribution is -2.49. The standard InChI is InChI=1S/C18H27N3O2/c1-14(19)10-11-17(22)21-12-6-5-9-16(21)13-20-18(23)15-7-3-2-4-8-15/h2-4,7-8,14,16H,5-6,9-13,19H2,1H3,(H,20,23). The molecule has 0 aromatic heterocycles. The Balaban J connectivity index is 1.88. The Bertz CT molecular complexity index is 516. The zero-order valence-electron chi connectivity index (χ0n) is 13.8. The second kappa shape index (κ2) is 8.67. The highest BCUT2D eigenvalue weighted by Gasteiger charge is 2.26. The Morgan fingerprint density at radius 2 is 2.04 bits per heavy atom. The molecule has 1 fully saturated rings. The van der Waals surface area contributed by atoms with Gasteiger partial charge in [-0.15, -0.1) is 0 Å². The monoisotopic (exact) mass is 317 g/mol. The van der Waals surface area contributed by atoms with Crippen molar-refractivity contribution in [1.82, 2.24) is 10.2 Å². The molecule has 5 nitrogen and oxygen atoms in total. The van der Waals surface area contributed by atoms with E-state index in [1.807, 2.05) is 30.0 Å². The summed E-state index contributed by atoms with van der Waals surface area (Å²) in [4.78, 5) is 26.5. The number of benzene rings is 1. The van der Waals surface area contributed by atoms with Crippen LogP contribution in [0.15, 0.2) is 30.3 Å². The van der Waals surface area contributed by atoms with Gasteiger partial charge in [-0.2, -0.15) is 0 Å². The molecule has 1 aromatic carbocycles. The number of amides is 2. The van der Waals surface area contributed by atoms with E-state index in [1.165, 1.54) is 0 Å². The van der Waals surface area contributed by atoms with Crippen molar-refractivity contribution >= 4 is 11.8 Å². The molecule has 2 unspecified atom stereocenters. The van der Waals surface area contributed by atoms with Crippen molar-refractivity contribution < 1.29 is 9.59 Å². The fourth-order valence-electron chi connectivity index (χ4n) is 2.94. The summed E-state index contributed by atoms with van der Waals surface area (Å²) in [6.07, 6.45) is 4.27. The van der Waals surface area contributed by atoms with Crippen molar-refractivity contribution in [2.24, 2.45) is 5.73 Å². The molecule has 0 saturated carbocycles. The van der Waals surface area contributed by atoms with Crippen LogP contribution in [0.3, 0.4) is 0 Å². The van der Waals surface area contributed by atoms with Crippen molar-refractivity contribution in [1.29, 1.82) is 0 Å². The minimum absolute atomic E-state index is 0.0416. The van der Waals surface area contributed by atoms with Gasteiger partial charge >= 0.3 is 0 Å². The molecule has 126 valence electrons. The molecule has 1 heterocycles. The van der Waals surface area contributed by atoms with Crippen molar-refractivity contribution in [2.45, 2.75) is 51.1 Å². The molecule has 23 heavy (non-hydrogen) atoms. The van der Waals surface area contributed by atoms with E-state index < -0.39 is 0 Å². The number of hydrogen-bond acceptors (Lipinski definition) is 3. The summed E-state index contributed by atoms with van der Waals surface area (Å²) in [6.45, 7) is 3.21. The number of carbonyl (C=O) groups excluding carboxylic acids is 2. The van der Waals surface area contributed by atoms with E-state index in [2.05, 4.69) is 5.32 Å².